The van der Waals surface area contributed by atoms with Crippen LogP contribution >= 0.6 is 0 Å². The molecule has 0 saturated carbocycles. The van der Waals surface area contributed by atoms with Gasteiger partial charge in [0.15, 0.2) is 0 Å². The summed E-state index contributed by atoms with van der Waals surface area (Å²) >= 11 is 0. The maximum absolute atomic E-state index is 7.20. The topological polar surface area (TPSA) is 34.5 Å². The Morgan fingerprint density at radius 1 is 0.315 bits per heavy atom. The Morgan fingerprint density at radius 2 is 0.787 bits per heavy atom. The summed E-state index contributed by atoms with van der Waals surface area (Å²) in [6.07, 6.45) is 35.5. The summed E-state index contributed by atoms with van der Waals surface area (Å²) in [4.78, 5) is 2.63. The summed E-state index contributed by atoms with van der Waals surface area (Å²) in [5, 5.41) is 7.41. The van der Waals surface area contributed by atoms with Crippen LogP contribution in [0.1, 0.15) is 260 Å². The van der Waals surface area contributed by atoms with E-state index in [1.807, 2.05) is 0 Å². The fraction of sp³-hybridized carbons (Fsp3) is 0.365. The van der Waals surface area contributed by atoms with Crippen molar-refractivity contribution in [3.8, 4) is 50.2 Å². The number of aryl methyl sites for hydroxylation is 1. The third-order valence-electron chi connectivity index (χ3n) is 26.2. The van der Waals surface area contributed by atoms with Gasteiger partial charge in [0.1, 0.15) is 22.3 Å². The van der Waals surface area contributed by atoms with Crippen molar-refractivity contribution >= 4 is 82.7 Å². The van der Waals surface area contributed by atoms with Gasteiger partial charge in [-0.1, -0.05) is 310 Å². The molecule has 11 aromatic carbocycles. The lowest BCUT2D eigenvalue weighted by molar-refractivity contribution is 0.394. The molecule has 0 spiro atoms. The molecule has 3 aliphatic carbocycles. The Morgan fingerprint density at radius 3 is 1.42 bits per heavy atom. The third kappa shape index (κ3) is 12.5. The summed E-state index contributed by atoms with van der Waals surface area (Å²) < 4.78 is 16.6. The van der Waals surface area contributed by atoms with Crippen molar-refractivity contribution in [3.05, 3.63) is 251 Å². The molecular formula is C104H112N2O2. The number of para-hydroxylation sites is 4. The summed E-state index contributed by atoms with van der Waals surface area (Å²) in [6.45, 7) is 16.6. The Kier molecular flexibility index (Phi) is 20.3. The number of aromatic nitrogens is 1. The maximum Gasteiger partial charge on any atom is 0.143 e. The minimum absolute atomic E-state index is 0.104. The van der Waals surface area contributed by atoms with Crippen LogP contribution in [0.3, 0.4) is 0 Å². The molecule has 3 heterocycles. The SMILES string of the molecule is CCCCCCCCC1(CCCCCCCC)c2cc(N(c3ccc(C)cc3)c3ccc4c(c3)C(C)(C)c3cc(-c5ccc6c(c5)c5ccccc5n6-c5ccccc5)c5oc6ccccc6c5c3-4)ccc2-c2cc3c(cc21)-c1c(ccc2oc4ccccc4c12)C3(CCCCCCCC)CCCCCCCC. The third-order valence-corrected chi connectivity index (χ3v) is 26.2. The molecule has 4 nitrogen and oxygen atoms in total. The van der Waals surface area contributed by atoms with Crippen molar-refractivity contribution < 1.29 is 8.83 Å². The number of unbranched alkanes of at least 4 members (excludes halogenated alkanes) is 20. The van der Waals surface area contributed by atoms with Crippen LogP contribution < -0.4 is 4.90 Å². The molecule has 0 amide bonds. The summed E-state index contributed by atoms with van der Waals surface area (Å²) in [6, 6.07) is 82.4. The zero-order valence-corrected chi connectivity index (χ0v) is 65.7. The smallest absolute Gasteiger partial charge is 0.143 e. The highest BCUT2D eigenvalue weighted by Gasteiger charge is 2.49. The van der Waals surface area contributed by atoms with Gasteiger partial charge >= 0.3 is 0 Å². The van der Waals surface area contributed by atoms with E-state index >= 15 is 0 Å². The Labute approximate surface area is 643 Å². The monoisotopic (exact) mass is 1420 g/mol. The number of hydrogen-bond donors (Lipinski definition) is 0. The van der Waals surface area contributed by atoms with Crippen molar-refractivity contribution in [3.63, 3.8) is 0 Å². The van der Waals surface area contributed by atoms with Crippen LogP contribution in [0.4, 0.5) is 17.1 Å². The summed E-state index contributed by atoms with van der Waals surface area (Å²) in [7, 11) is 0. The van der Waals surface area contributed by atoms with Gasteiger partial charge in [-0.15, -0.1) is 0 Å². The highest BCUT2D eigenvalue weighted by molar-refractivity contribution is 6.20. The maximum atomic E-state index is 7.20. The van der Waals surface area contributed by atoms with E-state index in [0.717, 1.165) is 57.4 Å². The highest BCUT2D eigenvalue weighted by atomic mass is 16.3. The molecule has 0 saturated heterocycles. The molecule has 0 N–H and O–H groups in total. The van der Waals surface area contributed by atoms with Crippen LogP contribution in [0.2, 0.25) is 0 Å². The molecule has 0 unspecified atom stereocenters. The number of rotatable bonds is 33. The average molecular weight is 1420 g/mol. The minimum Gasteiger partial charge on any atom is -0.456 e. The second-order valence-electron chi connectivity index (χ2n) is 33.5. The zero-order chi connectivity index (χ0) is 73.5. The van der Waals surface area contributed by atoms with E-state index in [4.69, 9.17) is 8.83 Å². The molecule has 0 aliphatic heterocycles. The molecule has 550 valence electrons. The molecular weight excluding hydrogens is 1310 g/mol. The fourth-order valence-electron chi connectivity index (χ4n) is 20.6. The number of nitrogens with zero attached hydrogens (tertiary/aromatic N) is 2. The van der Waals surface area contributed by atoms with Gasteiger partial charge in [-0.05, 0) is 208 Å². The summed E-state index contributed by atoms with van der Waals surface area (Å²) in [5.74, 6) is 0. The van der Waals surface area contributed by atoms with Gasteiger partial charge in [-0.3, -0.25) is 0 Å². The molecule has 0 radical (unpaired) electrons. The second kappa shape index (κ2) is 30.6. The van der Waals surface area contributed by atoms with Crippen LogP contribution in [0.5, 0.6) is 0 Å². The first-order chi connectivity index (χ1) is 53.1. The van der Waals surface area contributed by atoms with E-state index in [1.165, 1.54) is 272 Å². The lowest BCUT2D eigenvalue weighted by Gasteiger charge is -2.35. The van der Waals surface area contributed by atoms with Crippen LogP contribution in [-0.4, -0.2) is 4.57 Å². The molecule has 0 fully saturated rings. The first-order valence-corrected chi connectivity index (χ1v) is 42.5. The van der Waals surface area contributed by atoms with Gasteiger partial charge in [-0.25, -0.2) is 0 Å². The van der Waals surface area contributed by atoms with E-state index in [-0.39, 0.29) is 16.2 Å². The lowest BCUT2D eigenvalue weighted by Crippen LogP contribution is -2.27. The molecule has 0 bridgehead atoms. The van der Waals surface area contributed by atoms with Crippen molar-refractivity contribution in [2.45, 2.75) is 244 Å². The fourth-order valence-corrected chi connectivity index (χ4v) is 20.6. The minimum atomic E-state index is -0.371. The van der Waals surface area contributed by atoms with Gasteiger partial charge in [0, 0.05) is 76.9 Å². The Hall–Kier alpha value is -9.38. The molecule has 17 rings (SSSR count). The quantitative estimate of drug-likeness (QED) is 0.0385. The number of furan rings is 2. The number of anilines is 3. The van der Waals surface area contributed by atoms with Gasteiger partial charge in [0.05, 0.1) is 11.0 Å². The van der Waals surface area contributed by atoms with E-state index in [1.54, 1.807) is 22.3 Å². The van der Waals surface area contributed by atoms with E-state index in [2.05, 4.69) is 270 Å². The van der Waals surface area contributed by atoms with Gasteiger partial charge in [-0.2, -0.15) is 0 Å². The van der Waals surface area contributed by atoms with Crippen molar-refractivity contribution in [2.24, 2.45) is 0 Å². The van der Waals surface area contributed by atoms with Crippen LogP contribution in [0.15, 0.2) is 221 Å². The first kappa shape index (κ1) is 71.5. The number of benzene rings is 11. The predicted octanol–water partition coefficient (Wildman–Crippen LogP) is 31.9. The molecule has 108 heavy (non-hydrogen) atoms. The van der Waals surface area contributed by atoms with Crippen molar-refractivity contribution in [1.29, 1.82) is 0 Å². The van der Waals surface area contributed by atoms with E-state index in [0.29, 0.717) is 0 Å². The number of hydrogen-bond acceptors (Lipinski definition) is 3. The molecule has 3 aliphatic rings. The van der Waals surface area contributed by atoms with Crippen molar-refractivity contribution in [1.82, 2.24) is 4.57 Å². The standard InChI is InChI=1S/C104H112N2O2/c1-8-12-16-20-24-37-61-103(62-38-25-21-17-13-9-2)86-58-60-96-99(80-44-32-35-47-94(80)107-96)98(86)85-70-89-83(69-90(85)103)77-56-54-76(67-88(77)104(89,63-39-26-22-18-14-10-3)64-40-27-23-19-15-11-4)105(74-52-49-71(5)50-53-74)75-55-57-79-87(66-75)102(6,7)91-68-82(101-100(97(79)91)81-45-33-36-48-95(81)108-101)72-51-59-93-84(65-72)78-43-31-34-46-92(78)106(93)73-41-29-28-30-42-73/h28-36,41-60,65-70H,8-27,37-40,61-64H2,1-7H3. The van der Waals surface area contributed by atoms with Gasteiger partial charge in [0.25, 0.3) is 0 Å². The normalized spacial score (nSPS) is 14.2. The highest BCUT2D eigenvalue weighted by Crippen LogP contribution is 2.64. The zero-order valence-electron chi connectivity index (χ0n) is 65.7. The average Bonchev–Trinajstić information content (AvgIpc) is 1.52. The largest absolute Gasteiger partial charge is 0.456 e. The Balaban J connectivity index is 0.838. The lowest BCUT2D eigenvalue weighted by atomic mass is 9.68. The second-order valence-corrected chi connectivity index (χ2v) is 33.5. The predicted molar refractivity (Wildman–Crippen MR) is 462 cm³/mol. The van der Waals surface area contributed by atoms with Crippen molar-refractivity contribution in [2.75, 3.05) is 4.90 Å². The Bertz CT molecular complexity index is 5560. The first-order valence-electron chi connectivity index (χ1n) is 42.5. The van der Waals surface area contributed by atoms with E-state index in [9.17, 15) is 0 Å². The van der Waals surface area contributed by atoms with Crippen LogP contribution in [-0.2, 0) is 16.2 Å². The molecule has 0 atom stereocenters. The molecule has 14 aromatic rings. The summed E-state index contributed by atoms with van der Waals surface area (Å²) in [5.41, 5.74) is 31.3. The van der Waals surface area contributed by atoms with Gasteiger partial charge in [0.2, 0.25) is 0 Å². The van der Waals surface area contributed by atoms with Gasteiger partial charge < -0.3 is 18.3 Å². The van der Waals surface area contributed by atoms with Crippen LogP contribution in [0.25, 0.3) is 116 Å². The molecule has 3 aromatic heterocycles. The molecule has 4 heteroatoms. The van der Waals surface area contributed by atoms with Crippen LogP contribution in [0, 0.1) is 6.92 Å². The number of fused-ring (bicyclic) bond motifs is 20. The van der Waals surface area contributed by atoms with E-state index < -0.39 is 0 Å².